The van der Waals surface area contributed by atoms with Crippen LogP contribution in [0.25, 0.3) is 22.2 Å². The summed E-state index contributed by atoms with van der Waals surface area (Å²) < 4.78 is 13.0. The zero-order valence-electron chi connectivity index (χ0n) is 25.3. The first-order chi connectivity index (χ1) is 23.1. The van der Waals surface area contributed by atoms with Crippen LogP contribution in [-0.2, 0) is 22.6 Å². The first-order valence-corrected chi connectivity index (χ1v) is 16.3. The molecular weight excluding hydrogens is 613 g/mol. The molecule has 1 aliphatic rings. The molecule has 3 N–H and O–H groups in total. The number of H-pyrrole nitrogens is 1. The molecule has 1 aliphatic heterocycles. The van der Waals surface area contributed by atoms with Crippen LogP contribution in [0.5, 0.6) is 0 Å². The quantitative estimate of drug-likeness (QED) is 0.150. The molecule has 0 bridgehead atoms. The molecule has 1 saturated heterocycles. The predicted octanol–water partition coefficient (Wildman–Crippen LogP) is 6.17. The van der Waals surface area contributed by atoms with Gasteiger partial charge in [-0.25, -0.2) is 9.97 Å². The highest BCUT2D eigenvalue weighted by Gasteiger charge is 2.32. The number of nitrogens with zero attached hydrogens (tertiary/aromatic N) is 4. The molecule has 4 aromatic carbocycles. The second-order valence-corrected chi connectivity index (χ2v) is 12.2. The molecule has 11 heteroatoms. The van der Waals surface area contributed by atoms with Gasteiger partial charge in [0, 0.05) is 24.3 Å². The predicted molar refractivity (Wildman–Crippen MR) is 178 cm³/mol. The van der Waals surface area contributed by atoms with E-state index in [9.17, 15) is 9.90 Å². The fraction of sp³-hybridized carbons (Fsp3) is 0.194. The molecule has 2 aromatic heterocycles. The average molecular weight is 645 g/mol. The van der Waals surface area contributed by atoms with Gasteiger partial charge in [-0.2, -0.15) is 5.10 Å². The van der Waals surface area contributed by atoms with E-state index >= 15 is 0 Å². The van der Waals surface area contributed by atoms with Gasteiger partial charge in [0.25, 0.3) is 5.91 Å². The fourth-order valence-corrected chi connectivity index (χ4v) is 6.29. The molecule has 0 unspecified atom stereocenters. The summed E-state index contributed by atoms with van der Waals surface area (Å²) in [6.45, 7) is 0.357. The number of ether oxygens (including phenoxy) is 2. The van der Waals surface area contributed by atoms with E-state index < -0.39 is 6.29 Å². The third kappa shape index (κ3) is 7.39. The summed E-state index contributed by atoms with van der Waals surface area (Å²) in [7, 11) is 0. The Bertz CT molecular complexity index is 1950. The molecule has 10 nitrogen and oxygen atoms in total. The van der Waals surface area contributed by atoms with Crippen LogP contribution in [0.3, 0.4) is 0 Å². The van der Waals surface area contributed by atoms with Gasteiger partial charge in [0.2, 0.25) is 0 Å². The maximum atomic E-state index is 12.8. The van der Waals surface area contributed by atoms with Gasteiger partial charge < -0.3 is 19.9 Å². The SMILES string of the molecule is O=C(NCc1cccc(-c2ccc([C@@H]3O[C@H](CSc4ncn[nH]4)C[C@H](c4ccc(CO)cc4)O3)cc2)c1)c1cnc2ccccc2n1. The van der Waals surface area contributed by atoms with Gasteiger partial charge in [0.05, 0.1) is 36.0 Å². The Hall–Kier alpha value is -4.94. The van der Waals surface area contributed by atoms with Gasteiger partial charge in [-0.15, -0.1) is 0 Å². The summed E-state index contributed by atoms with van der Waals surface area (Å²) in [6.07, 6.45) is 2.87. The summed E-state index contributed by atoms with van der Waals surface area (Å²) in [6, 6.07) is 31.6. The lowest BCUT2D eigenvalue weighted by molar-refractivity contribution is -0.245. The molecule has 47 heavy (non-hydrogen) atoms. The number of aliphatic hydroxyl groups is 1. The van der Waals surface area contributed by atoms with Gasteiger partial charge in [-0.1, -0.05) is 90.6 Å². The summed E-state index contributed by atoms with van der Waals surface area (Å²) in [5.74, 6) is 0.417. The minimum Gasteiger partial charge on any atom is -0.392 e. The van der Waals surface area contributed by atoms with Gasteiger partial charge >= 0.3 is 0 Å². The number of aromatic amines is 1. The number of nitrogens with one attached hydrogen (secondary N) is 2. The summed E-state index contributed by atoms with van der Waals surface area (Å²) in [5, 5.41) is 20.0. The standard InChI is InChI=1S/C36H32N6O4S/c43-20-23-8-10-26(11-9-23)33-17-29(21-47-36-39-22-40-42-36)45-35(46-33)27-14-12-25(13-15-27)28-5-3-4-24(16-28)18-38-34(44)32-19-37-30-6-1-2-7-31(30)41-32/h1-16,19,22,29,33,35,43H,17-18,20-21H2,(H,38,44)(H,39,40,42)/t29-,33+,35+/m0/s1. The van der Waals surface area contributed by atoms with Gasteiger partial charge in [0.15, 0.2) is 11.4 Å². The third-order valence-corrected chi connectivity index (χ3v) is 9.00. The second kappa shape index (κ2) is 14.2. The van der Waals surface area contributed by atoms with Crippen molar-refractivity contribution in [3.05, 3.63) is 138 Å². The van der Waals surface area contributed by atoms with E-state index in [4.69, 9.17) is 9.47 Å². The molecule has 6 aromatic rings. The zero-order valence-corrected chi connectivity index (χ0v) is 26.1. The maximum Gasteiger partial charge on any atom is 0.271 e. The lowest BCUT2D eigenvalue weighted by Crippen LogP contribution is -2.31. The van der Waals surface area contributed by atoms with E-state index in [1.165, 1.54) is 12.5 Å². The number of hydrogen-bond donors (Lipinski definition) is 3. The molecule has 0 saturated carbocycles. The minimum atomic E-state index is -0.555. The largest absolute Gasteiger partial charge is 0.392 e. The monoisotopic (exact) mass is 644 g/mol. The van der Waals surface area contributed by atoms with Crippen molar-refractivity contribution in [3.8, 4) is 11.1 Å². The van der Waals surface area contributed by atoms with Crippen LogP contribution in [-0.4, -0.2) is 48.0 Å². The fourth-order valence-electron chi connectivity index (χ4n) is 5.49. The summed E-state index contributed by atoms with van der Waals surface area (Å²) in [4.78, 5) is 25.8. The van der Waals surface area contributed by atoms with Crippen molar-refractivity contribution in [2.75, 3.05) is 5.75 Å². The minimum absolute atomic E-state index is 0.00159. The Morgan fingerprint density at radius 1 is 0.872 bits per heavy atom. The summed E-state index contributed by atoms with van der Waals surface area (Å²) >= 11 is 1.56. The third-order valence-electron chi connectivity index (χ3n) is 7.99. The van der Waals surface area contributed by atoms with Gasteiger partial charge in [-0.05, 0) is 46.0 Å². The lowest BCUT2D eigenvalue weighted by atomic mass is 9.99. The molecule has 0 radical (unpaired) electrons. The number of hydrogen-bond acceptors (Lipinski definition) is 9. The van der Waals surface area contributed by atoms with Crippen molar-refractivity contribution in [2.45, 2.75) is 43.2 Å². The van der Waals surface area contributed by atoms with E-state index in [0.29, 0.717) is 24.2 Å². The Kier molecular flexibility index (Phi) is 9.29. The smallest absolute Gasteiger partial charge is 0.271 e. The number of amides is 1. The number of carbonyl (C=O) groups is 1. The van der Waals surface area contributed by atoms with Crippen molar-refractivity contribution in [3.63, 3.8) is 0 Å². The average Bonchev–Trinajstić information content (AvgIpc) is 3.67. The Labute approximate surface area is 275 Å². The maximum absolute atomic E-state index is 12.8. The molecule has 0 aliphatic carbocycles. The molecule has 1 amide bonds. The number of benzene rings is 4. The highest BCUT2D eigenvalue weighted by molar-refractivity contribution is 7.99. The number of rotatable bonds is 10. The van der Waals surface area contributed by atoms with Crippen molar-refractivity contribution in [1.29, 1.82) is 0 Å². The molecule has 0 spiro atoms. The van der Waals surface area contributed by atoms with E-state index in [0.717, 1.165) is 44.1 Å². The van der Waals surface area contributed by atoms with E-state index in [2.05, 4.69) is 48.7 Å². The van der Waals surface area contributed by atoms with Crippen molar-refractivity contribution in [2.24, 2.45) is 0 Å². The number of para-hydroxylation sites is 2. The number of thioether (sulfide) groups is 1. The van der Waals surface area contributed by atoms with Crippen molar-refractivity contribution < 1.29 is 19.4 Å². The van der Waals surface area contributed by atoms with E-state index in [-0.39, 0.29) is 30.4 Å². The van der Waals surface area contributed by atoms with Gasteiger partial charge in [0.1, 0.15) is 12.0 Å². The van der Waals surface area contributed by atoms with Crippen LogP contribution in [0.2, 0.25) is 0 Å². The zero-order chi connectivity index (χ0) is 32.0. The molecule has 236 valence electrons. The van der Waals surface area contributed by atoms with Crippen LogP contribution in [0, 0.1) is 0 Å². The Morgan fingerprint density at radius 2 is 1.68 bits per heavy atom. The van der Waals surface area contributed by atoms with Crippen LogP contribution in [0.15, 0.2) is 115 Å². The van der Waals surface area contributed by atoms with E-state index in [1.54, 1.807) is 11.8 Å². The Morgan fingerprint density at radius 3 is 2.47 bits per heavy atom. The first-order valence-electron chi connectivity index (χ1n) is 15.3. The van der Waals surface area contributed by atoms with Crippen LogP contribution in [0.4, 0.5) is 0 Å². The first kappa shape index (κ1) is 30.7. The molecule has 1 fully saturated rings. The van der Waals surface area contributed by atoms with Crippen molar-refractivity contribution >= 4 is 28.7 Å². The highest BCUT2D eigenvalue weighted by atomic mass is 32.2. The molecule has 7 rings (SSSR count). The van der Waals surface area contributed by atoms with E-state index in [1.807, 2.05) is 78.9 Å². The van der Waals surface area contributed by atoms with Crippen LogP contribution in [0.1, 0.15) is 51.6 Å². The topological polar surface area (TPSA) is 135 Å². The van der Waals surface area contributed by atoms with Crippen molar-refractivity contribution in [1.82, 2.24) is 30.5 Å². The molecule has 3 heterocycles. The normalized spacial score (nSPS) is 17.9. The number of aliphatic hydroxyl groups excluding tert-OH is 1. The summed E-state index contributed by atoms with van der Waals surface area (Å²) in [5.41, 5.74) is 7.56. The number of aromatic nitrogens is 5. The second-order valence-electron chi connectivity index (χ2n) is 11.2. The Balaban J connectivity index is 1.03. The van der Waals surface area contributed by atoms with Gasteiger partial charge in [-0.3, -0.25) is 14.9 Å². The van der Waals surface area contributed by atoms with Crippen LogP contribution < -0.4 is 5.32 Å². The number of fused-ring (bicyclic) bond motifs is 1. The molecule has 3 atom stereocenters. The lowest BCUT2D eigenvalue weighted by Gasteiger charge is -2.36. The highest BCUT2D eigenvalue weighted by Crippen LogP contribution is 2.39. The molecular formula is C36H32N6O4S. The number of carbonyl (C=O) groups excluding carboxylic acids is 1. The van der Waals surface area contributed by atoms with Crippen LogP contribution >= 0.6 is 11.8 Å².